The Morgan fingerprint density at radius 3 is 2.62 bits per heavy atom. The monoisotopic (exact) mass is 293 g/mol. The smallest absolute Gasteiger partial charge is 0.293 e. The number of nitro groups is 1. The second-order valence-corrected chi connectivity index (χ2v) is 5.72. The third kappa shape index (κ3) is 3.90. The van der Waals surface area contributed by atoms with Gasteiger partial charge in [0, 0.05) is 18.7 Å². The Morgan fingerprint density at radius 2 is 2.10 bits per heavy atom. The second kappa shape index (κ2) is 6.84. The van der Waals surface area contributed by atoms with Crippen LogP contribution in [-0.2, 0) is 6.54 Å². The van der Waals surface area contributed by atoms with Crippen LogP contribution in [0.4, 0.5) is 11.4 Å². The maximum absolute atomic E-state index is 11.0. The van der Waals surface area contributed by atoms with Crippen LogP contribution in [0, 0.1) is 10.1 Å². The molecule has 1 aromatic rings. The van der Waals surface area contributed by atoms with E-state index >= 15 is 0 Å². The Kier molecular flexibility index (Phi) is 5.11. The van der Waals surface area contributed by atoms with Gasteiger partial charge in [-0.1, -0.05) is 6.07 Å². The minimum absolute atomic E-state index is 0.0261. The lowest BCUT2D eigenvalue weighted by molar-refractivity contribution is -0.384. The first-order valence-electron chi connectivity index (χ1n) is 7.14. The highest BCUT2D eigenvalue weighted by Crippen LogP contribution is 2.26. The maximum atomic E-state index is 11.0. The number of hydrazine groups is 1. The van der Waals surface area contributed by atoms with Gasteiger partial charge >= 0.3 is 0 Å². The lowest BCUT2D eigenvalue weighted by atomic mass is 10.0. The minimum atomic E-state index is -0.406. The second-order valence-electron chi connectivity index (χ2n) is 5.72. The number of nitro benzene ring substituents is 1. The quantitative estimate of drug-likeness (QED) is 0.485. The molecule has 1 saturated heterocycles. The van der Waals surface area contributed by atoms with Crippen LogP contribution in [0.25, 0.3) is 0 Å². The highest BCUT2D eigenvalue weighted by Gasteiger charge is 2.21. The Morgan fingerprint density at radius 1 is 1.43 bits per heavy atom. The number of nitrogens with two attached hydrogens (primary N) is 1. The molecule has 2 rings (SSSR count). The molecule has 0 saturated carbocycles. The summed E-state index contributed by atoms with van der Waals surface area (Å²) in [5, 5.41) is 11.0. The third-order valence-corrected chi connectivity index (χ3v) is 4.11. The number of likely N-dealkylation sites (tertiary alicyclic amines) is 1. The molecule has 1 heterocycles. The van der Waals surface area contributed by atoms with E-state index < -0.39 is 4.92 Å². The first-order valence-corrected chi connectivity index (χ1v) is 7.14. The van der Waals surface area contributed by atoms with E-state index in [4.69, 9.17) is 5.84 Å². The molecule has 1 aliphatic rings. The highest BCUT2D eigenvalue weighted by atomic mass is 16.6. The molecule has 21 heavy (non-hydrogen) atoms. The van der Waals surface area contributed by atoms with Crippen molar-refractivity contribution in [3.05, 3.63) is 33.9 Å². The van der Waals surface area contributed by atoms with E-state index in [0.717, 1.165) is 38.0 Å². The normalized spacial score (nSPS) is 17.1. The number of hydrogen-bond acceptors (Lipinski definition) is 6. The third-order valence-electron chi connectivity index (χ3n) is 4.11. The van der Waals surface area contributed by atoms with Crippen molar-refractivity contribution in [2.75, 3.05) is 32.6 Å². The zero-order chi connectivity index (χ0) is 15.4. The highest BCUT2D eigenvalue weighted by molar-refractivity contribution is 5.61. The summed E-state index contributed by atoms with van der Waals surface area (Å²) in [4.78, 5) is 15.2. The van der Waals surface area contributed by atoms with Gasteiger partial charge in [-0.3, -0.25) is 20.9 Å². The van der Waals surface area contributed by atoms with E-state index in [-0.39, 0.29) is 5.69 Å². The largest absolute Gasteiger partial charge is 0.318 e. The van der Waals surface area contributed by atoms with Crippen molar-refractivity contribution in [1.29, 1.82) is 0 Å². The summed E-state index contributed by atoms with van der Waals surface area (Å²) in [5.41, 5.74) is 3.68. The first-order chi connectivity index (χ1) is 10.0. The zero-order valence-electron chi connectivity index (χ0n) is 12.6. The number of piperidine rings is 1. The Hall–Kier alpha value is -1.70. The summed E-state index contributed by atoms with van der Waals surface area (Å²) < 4.78 is 0. The number of nitrogen functional groups attached to an aromatic ring is 1. The average Bonchev–Trinajstić information content (AvgIpc) is 2.47. The molecule has 116 valence electrons. The van der Waals surface area contributed by atoms with Gasteiger partial charge in [0.25, 0.3) is 5.69 Å². The molecule has 0 radical (unpaired) electrons. The number of benzene rings is 1. The van der Waals surface area contributed by atoms with Gasteiger partial charge in [0.1, 0.15) is 5.69 Å². The molecule has 3 N–H and O–H groups in total. The maximum Gasteiger partial charge on any atom is 0.293 e. The molecule has 0 aromatic heterocycles. The molecule has 7 heteroatoms. The number of hydrogen-bond donors (Lipinski definition) is 2. The van der Waals surface area contributed by atoms with E-state index in [9.17, 15) is 10.1 Å². The molecule has 0 bridgehead atoms. The number of nitrogens with zero attached hydrogens (tertiary/aromatic N) is 3. The van der Waals surface area contributed by atoms with Crippen molar-refractivity contribution in [2.45, 2.75) is 25.4 Å². The van der Waals surface area contributed by atoms with Crippen LogP contribution in [0.3, 0.4) is 0 Å². The van der Waals surface area contributed by atoms with Crippen LogP contribution in [-0.4, -0.2) is 47.9 Å². The molecular weight excluding hydrogens is 270 g/mol. The molecule has 0 aliphatic carbocycles. The molecule has 0 unspecified atom stereocenters. The standard InChI is InChI=1S/C14H23N5O2/c1-17(2)12-5-7-18(8-6-12)10-11-3-4-13(16-15)14(9-11)19(20)21/h3-4,9,12,16H,5-8,10,15H2,1-2H3. The van der Waals surface area contributed by atoms with Gasteiger partial charge in [-0.05, 0) is 51.7 Å². The average molecular weight is 293 g/mol. The fraction of sp³-hybridized carbons (Fsp3) is 0.571. The summed E-state index contributed by atoms with van der Waals surface area (Å²) in [6.07, 6.45) is 2.27. The van der Waals surface area contributed by atoms with Crippen molar-refractivity contribution < 1.29 is 4.92 Å². The van der Waals surface area contributed by atoms with Crippen molar-refractivity contribution in [2.24, 2.45) is 5.84 Å². The molecule has 1 aromatic carbocycles. The molecule has 0 atom stereocenters. The summed E-state index contributed by atoms with van der Waals surface area (Å²) >= 11 is 0. The van der Waals surface area contributed by atoms with Gasteiger partial charge in [-0.25, -0.2) is 0 Å². The van der Waals surface area contributed by atoms with Crippen molar-refractivity contribution in [1.82, 2.24) is 9.80 Å². The van der Waals surface area contributed by atoms with E-state index in [1.807, 2.05) is 6.07 Å². The predicted octanol–water partition coefficient (Wildman–Crippen LogP) is 1.41. The van der Waals surface area contributed by atoms with E-state index in [1.165, 1.54) is 0 Å². The van der Waals surface area contributed by atoms with E-state index in [2.05, 4.69) is 29.3 Å². The Balaban J connectivity index is 2.01. The van der Waals surface area contributed by atoms with Crippen LogP contribution >= 0.6 is 0 Å². The lowest BCUT2D eigenvalue weighted by Gasteiger charge is -2.35. The van der Waals surface area contributed by atoms with Crippen LogP contribution in [0.15, 0.2) is 18.2 Å². The summed E-state index contributed by atoms with van der Waals surface area (Å²) in [5.74, 6) is 5.30. The van der Waals surface area contributed by atoms with Crippen LogP contribution < -0.4 is 11.3 Å². The lowest BCUT2D eigenvalue weighted by Crippen LogP contribution is -2.41. The topological polar surface area (TPSA) is 87.7 Å². The van der Waals surface area contributed by atoms with Crippen LogP contribution in [0.2, 0.25) is 0 Å². The molecular formula is C14H23N5O2. The SMILES string of the molecule is CN(C)C1CCN(Cc2ccc(NN)c([N+](=O)[O-])c2)CC1. The molecule has 0 spiro atoms. The van der Waals surface area contributed by atoms with Gasteiger partial charge in [0.2, 0.25) is 0 Å². The van der Waals surface area contributed by atoms with Crippen LogP contribution in [0.5, 0.6) is 0 Å². The van der Waals surface area contributed by atoms with E-state index in [0.29, 0.717) is 11.7 Å². The van der Waals surface area contributed by atoms with Crippen molar-refractivity contribution in [3.63, 3.8) is 0 Å². The predicted molar refractivity (Wildman–Crippen MR) is 82.9 cm³/mol. The summed E-state index contributed by atoms with van der Waals surface area (Å²) in [6.45, 7) is 2.78. The summed E-state index contributed by atoms with van der Waals surface area (Å²) in [6, 6.07) is 5.80. The fourth-order valence-corrected chi connectivity index (χ4v) is 2.80. The zero-order valence-corrected chi connectivity index (χ0v) is 12.6. The van der Waals surface area contributed by atoms with Gasteiger partial charge in [-0.2, -0.15) is 0 Å². The van der Waals surface area contributed by atoms with Gasteiger partial charge in [-0.15, -0.1) is 0 Å². The number of nitrogens with one attached hydrogen (secondary N) is 1. The number of rotatable bonds is 5. The minimum Gasteiger partial charge on any atom is -0.318 e. The molecule has 0 amide bonds. The Bertz CT molecular complexity index is 498. The van der Waals surface area contributed by atoms with Gasteiger partial charge in [0.05, 0.1) is 4.92 Å². The first kappa shape index (κ1) is 15.7. The molecule has 1 aliphatic heterocycles. The van der Waals surface area contributed by atoms with Crippen molar-refractivity contribution >= 4 is 11.4 Å². The molecule has 7 nitrogen and oxygen atoms in total. The van der Waals surface area contributed by atoms with Crippen LogP contribution in [0.1, 0.15) is 18.4 Å². The van der Waals surface area contributed by atoms with E-state index in [1.54, 1.807) is 12.1 Å². The summed E-state index contributed by atoms with van der Waals surface area (Å²) in [7, 11) is 4.23. The van der Waals surface area contributed by atoms with Crippen molar-refractivity contribution in [3.8, 4) is 0 Å². The fourth-order valence-electron chi connectivity index (χ4n) is 2.80. The molecule has 1 fully saturated rings. The Labute approximate surface area is 124 Å². The number of anilines is 1. The van der Waals surface area contributed by atoms with Gasteiger partial charge < -0.3 is 10.3 Å². The van der Waals surface area contributed by atoms with Gasteiger partial charge in [0.15, 0.2) is 0 Å².